The van der Waals surface area contributed by atoms with Gasteiger partial charge in [-0.3, -0.25) is 5.41 Å². The second-order valence-corrected chi connectivity index (χ2v) is 5.93. The van der Waals surface area contributed by atoms with E-state index in [0.29, 0.717) is 5.56 Å². The number of nitrogens with one attached hydrogen (secondary N) is 1. The summed E-state index contributed by atoms with van der Waals surface area (Å²) >= 11 is 1.49. The van der Waals surface area contributed by atoms with Crippen LogP contribution in [0.3, 0.4) is 0 Å². The molecule has 0 bridgehead atoms. The van der Waals surface area contributed by atoms with Crippen LogP contribution in [0.4, 0.5) is 0 Å². The zero-order chi connectivity index (χ0) is 15.7. The average molecular weight is 310 g/mol. The van der Waals surface area contributed by atoms with Crippen LogP contribution in [0.1, 0.15) is 15.2 Å². The van der Waals surface area contributed by atoms with Crippen molar-refractivity contribution in [2.24, 2.45) is 5.73 Å². The van der Waals surface area contributed by atoms with Gasteiger partial charge < -0.3 is 10.5 Å². The van der Waals surface area contributed by atoms with Gasteiger partial charge in [0.15, 0.2) is 0 Å². The van der Waals surface area contributed by atoms with Crippen molar-refractivity contribution in [3.05, 3.63) is 59.0 Å². The first kappa shape index (κ1) is 14.3. The molecule has 0 aliphatic rings. The summed E-state index contributed by atoms with van der Waals surface area (Å²) in [7, 11) is 1.37. The highest BCUT2D eigenvalue weighted by Crippen LogP contribution is 2.30. The lowest BCUT2D eigenvalue weighted by Gasteiger charge is -2.04. The summed E-state index contributed by atoms with van der Waals surface area (Å²) in [4.78, 5) is 12.4. The van der Waals surface area contributed by atoms with Crippen molar-refractivity contribution in [1.29, 1.82) is 5.41 Å². The Morgan fingerprint density at radius 2 is 1.91 bits per heavy atom. The maximum atomic E-state index is 11.6. The largest absolute Gasteiger partial charge is 0.465 e. The second kappa shape index (κ2) is 5.61. The number of nitrogens with two attached hydrogens (primary N) is 1. The highest BCUT2D eigenvalue weighted by Gasteiger charge is 2.09. The number of amidine groups is 1. The molecule has 0 saturated carbocycles. The molecule has 4 nitrogen and oxygen atoms in total. The van der Waals surface area contributed by atoms with Crippen LogP contribution in [-0.2, 0) is 4.74 Å². The van der Waals surface area contributed by atoms with Crippen LogP contribution in [0.15, 0.2) is 48.5 Å². The quantitative estimate of drug-likeness (QED) is 0.440. The molecule has 0 unspecified atom stereocenters. The molecule has 3 aromatic rings. The summed E-state index contributed by atoms with van der Waals surface area (Å²) in [6, 6.07) is 15.3. The smallest absolute Gasteiger partial charge is 0.337 e. The third-order valence-electron chi connectivity index (χ3n) is 3.40. The van der Waals surface area contributed by atoms with E-state index in [2.05, 4.69) is 0 Å². The average Bonchev–Trinajstić information content (AvgIpc) is 2.97. The van der Waals surface area contributed by atoms with E-state index < -0.39 is 0 Å². The number of fused-ring (bicyclic) bond motifs is 1. The first-order valence-electron chi connectivity index (χ1n) is 6.65. The van der Waals surface area contributed by atoms with E-state index in [4.69, 9.17) is 15.9 Å². The molecule has 0 fully saturated rings. The molecular weight excluding hydrogens is 296 g/mol. The fourth-order valence-electron chi connectivity index (χ4n) is 2.29. The normalized spacial score (nSPS) is 10.6. The summed E-state index contributed by atoms with van der Waals surface area (Å²) in [6.45, 7) is 0. The predicted molar refractivity (Wildman–Crippen MR) is 89.6 cm³/mol. The minimum Gasteiger partial charge on any atom is -0.465 e. The lowest BCUT2D eigenvalue weighted by atomic mass is 10.0. The molecule has 22 heavy (non-hydrogen) atoms. The highest BCUT2D eigenvalue weighted by atomic mass is 32.1. The Morgan fingerprint density at radius 3 is 2.64 bits per heavy atom. The van der Waals surface area contributed by atoms with Gasteiger partial charge in [-0.15, -0.1) is 11.3 Å². The van der Waals surface area contributed by atoms with Crippen molar-refractivity contribution in [2.75, 3.05) is 7.11 Å². The molecule has 1 aromatic heterocycles. The molecule has 0 atom stereocenters. The molecule has 0 amide bonds. The first-order valence-corrected chi connectivity index (χ1v) is 7.47. The van der Waals surface area contributed by atoms with E-state index in [1.54, 1.807) is 6.07 Å². The third kappa shape index (κ3) is 2.58. The molecule has 2 aromatic carbocycles. The van der Waals surface area contributed by atoms with Crippen molar-refractivity contribution in [2.45, 2.75) is 0 Å². The van der Waals surface area contributed by atoms with E-state index in [9.17, 15) is 4.79 Å². The van der Waals surface area contributed by atoms with Gasteiger partial charge in [-0.25, -0.2) is 4.79 Å². The first-order chi connectivity index (χ1) is 10.6. The number of esters is 1. The van der Waals surface area contributed by atoms with Gasteiger partial charge in [0.1, 0.15) is 5.84 Å². The van der Waals surface area contributed by atoms with E-state index in [0.717, 1.165) is 26.1 Å². The minimum atomic E-state index is -0.349. The molecular formula is C17H14N2O2S. The van der Waals surface area contributed by atoms with Gasteiger partial charge in [0.2, 0.25) is 0 Å². The number of carbonyl (C=O) groups excluding carboxylic acids is 1. The zero-order valence-corrected chi connectivity index (χ0v) is 12.7. The lowest BCUT2D eigenvalue weighted by molar-refractivity contribution is 0.0601. The van der Waals surface area contributed by atoms with Gasteiger partial charge in [-0.2, -0.15) is 0 Å². The van der Waals surface area contributed by atoms with Gasteiger partial charge in [0.05, 0.1) is 17.6 Å². The van der Waals surface area contributed by atoms with Crippen molar-refractivity contribution in [3.8, 4) is 11.1 Å². The Bertz CT molecular complexity index is 883. The summed E-state index contributed by atoms with van der Waals surface area (Å²) in [5.41, 5.74) is 8.02. The maximum Gasteiger partial charge on any atom is 0.337 e. The second-order valence-electron chi connectivity index (χ2n) is 4.85. The van der Waals surface area contributed by atoms with E-state index in [1.165, 1.54) is 18.4 Å². The number of hydrogen-bond donors (Lipinski definition) is 2. The number of benzene rings is 2. The lowest BCUT2D eigenvalue weighted by Crippen LogP contribution is -2.08. The van der Waals surface area contributed by atoms with Crippen molar-refractivity contribution in [3.63, 3.8) is 0 Å². The number of hydrogen-bond acceptors (Lipinski definition) is 4. The number of carbonyl (C=O) groups is 1. The molecule has 0 aliphatic heterocycles. The Balaban J connectivity index is 2.06. The maximum absolute atomic E-state index is 11.6. The molecule has 110 valence electrons. The number of methoxy groups -OCH3 is 1. The molecule has 0 saturated heterocycles. The number of thiophene rings is 1. The standard InChI is InChI=1S/C17H14N2O2S/c1-21-17(20)13-4-2-3-10(7-13)11-5-6-12-9-15(16(18)19)22-14(12)8-11/h2-9H,1H3,(H3,18,19). The SMILES string of the molecule is COC(=O)c1cccc(-c2ccc3cc(C(=N)N)sc3c2)c1. The fourth-order valence-corrected chi connectivity index (χ4v) is 3.25. The Morgan fingerprint density at radius 1 is 1.14 bits per heavy atom. The van der Waals surface area contributed by atoms with Gasteiger partial charge in [-0.1, -0.05) is 24.3 Å². The van der Waals surface area contributed by atoms with Crippen LogP contribution in [0.2, 0.25) is 0 Å². The van der Waals surface area contributed by atoms with Crippen molar-refractivity contribution < 1.29 is 9.53 Å². The van der Waals surface area contributed by atoms with Gasteiger partial charge >= 0.3 is 5.97 Å². The molecule has 0 spiro atoms. The fraction of sp³-hybridized carbons (Fsp3) is 0.0588. The molecule has 3 N–H and O–H groups in total. The number of rotatable bonds is 3. The van der Waals surface area contributed by atoms with Crippen LogP contribution >= 0.6 is 11.3 Å². The monoisotopic (exact) mass is 310 g/mol. The van der Waals surface area contributed by atoms with Crippen LogP contribution in [0.5, 0.6) is 0 Å². The zero-order valence-electron chi connectivity index (χ0n) is 11.9. The number of ether oxygens (including phenoxy) is 1. The van der Waals surface area contributed by atoms with Gasteiger partial charge in [0.25, 0.3) is 0 Å². The van der Waals surface area contributed by atoms with Crippen LogP contribution in [-0.4, -0.2) is 18.9 Å². The molecule has 3 rings (SSSR count). The van der Waals surface area contributed by atoms with E-state index in [1.807, 2.05) is 42.5 Å². The highest BCUT2D eigenvalue weighted by molar-refractivity contribution is 7.20. The summed E-state index contributed by atoms with van der Waals surface area (Å²) in [5, 5.41) is 8.58. The van der Waals surface area contributed by atoms with Gasteiger partial charge in [0, 0.05) is 4.70 Å². The Labute approximate surface area is 131 Å². The van der Waals surface area contributed by atoms with E-state index in [-0.39, 0.29) is 11.8 Å². The van der Waals surface area contributed by atoms with Crippen molar-refractivity contribution >= 4 is 33.2 Å². The summed E-state index contributed by atoms with van der Waals surface area (Å²) < 4.78 is 5.81. The van der Waals surface area contributed by atoms with Crippen LogP contribution in [0.25, 0.3) is 21.2 Å². The Hall–Kier alpha value is -2.66. The molecule has 5 heteroatoms. The van der Waals surface area contributed by atoms with E-state index >= 15 is 0 Å². The van der Waals surface area contributed by atoms with Gasteiger partial charge in [-0.05, 0) is 40.8 Å². The topological polar surface area (TPSA) is 76.2 Å². The summed E-state index contributed by atoms with van der Waals surface area (Å²) in [5.74, 6) is -0.270. The molecule has 0 radical (unpaired) electrons. The van der Waals surface area contributed by atoms with Crippen LogP contribution in [0, 0.1) is 5.41 Å². The Kier molecular flexibility index (Phi) is 3.65. The molecule has 1 heterocycles. The van der Waals surface area contributed by atoms with Crippen molar-refractivity contribution in [1.82, 2.24) is 0 Å². The molecule has 0 aliphatic carbocycles. The predicted octanol–water partition coefficient (Wildman–Crippen LogP) is 3.64. The minimum absolute atomic E-state index is 0.0791. The number of nitrogen functional groups attached to an aromatic ring is 1. The van der Waals surface area contributed by atoms with Crippen LogP contribution < -0.4 is 5.73 Å². The summed E-state index contributed by atoms with van der Waals surface area (Å²) in [6.07, 6.45) is 0. The third-order valence-corrected chi connectivity index (χ3v) is 4.53.